The van der Waals surface area contributed by atoms with Crippen molar-refractivity contribution in [1.82, 2.24) is 5.32 Å². The number of rotatable bonds is 3. The van der Waals surface area contributed by atoms with E-state index in [-0.39, 0.29) is 13.0 Å². The van der Waals surface area contributed by atoms with Gasteiger partial charge in [-0.1, -0.05) is 12.8 Å². The van der Waals surface area contributed by atoms with Gasteiger partial charge in [0.2, 0.25) is 5.91 Å². The Morgan fingerprint density at radius 1 is 1.41 bits per heavy atom. The van der Waals surface area contributed by atoms with Crippen molar-refractivity contribution in [2.45, 2.75) is 44.8 Å². The maximum absolute atomic E-state index is 12.7. The molecule has 1 amide bonds. The highest BCUT2D eigenvalue weighted by Gasteiger charge is 2.45. The molecule has 1 fully saturated rings. The Morgan fingerprint density at radius 3 is 2.53 bits per heavy atom. The van der Waals surface area contributed by atoms with Crippen LogP contribution in [0.5, 0.6) is 0 Å². The molecule has 6 heteroatoms. The maximum Gasteiger partial charge on any atom is 0.392 e. The summed E-state index contributed by atoms with van der Waals surface area (Å²) in [5.74, 6) is -2.19. The fraction of sp³-hybridized carbons (Fsp3) is 0.909. The Bertz CT molecular complexity index is 266. The lowest BCUT2D eigenvalue weighted by Crippen LogP contribution is -2.44. The fourth-order valence-corrected chi connectivity index (χ4v) is 2.28. The summed E-state index contributed by atoms with van der Waals surface area (Å²) in [4.78, 5) is 11.2. The van der Waals surface area contributed by atoms with E-state index in [1.807, 2.05) is 0 Å². The Morgan fingerprint density at radius 2 is 2.00 bits per heavy atom. The number of nitrogens with one attached hydrogen (secondary N) is 1. The molecule has 0 aromatic carbocycles. The summed E-state index contributed by atoms with van der Waals surface area (Å²) in [5.41, 5.74) is 5.34. The summed E-state index contributed by atoms with van der Waals surface area (Å²) >= 11 is 0. The highest BCUT2D eigenvalue weighted by atomic mass is 19.4. The zero-order chi connectivity index (χ0) is 13.1. The van der Waals surface area contributed by atoms with Gasteiger partial charge in [0.05, 0.1) is 12.0 Å². The monoisotopic (exact) mass is 252 g/mol. The van der Waals surface area contributed by atoms with E-state index in [9.17, 15) is 18.0 Å². The second-order valence-corrected chi connectivity index (χ2v) is 4.73. The molecule has 17 heavy (non-hydrogen) atoms. The highest BCUT2D eigenvalue weighted by molar-refractivity contribution is 5.80. The third-order valence-corrected chi connectivity index (χ3v) is 3.28. The first-order chi connectivity index (χ1) is 7.82. The van der Waals surface area contributed by atoms with Crippen LogP contribution in [-0.4, -0.2) is 24.7 Å². The minimum absolute atomic E-state index is 0.0740. The molecule has 0 heterocycles. The van der Waals surface area contributed by atoms with Crippen molar-refractivity contribution in [3.63, 3.8) is 0 Å². The molecule has 1 rings (SSSR count). The molecule has 1 aliphatic rings. The van der Waals surface area contributed by atoms with Crippen molar-refractivity contribution >= 4 is 5.91 Å². The number of hydrogen-bond acceptors (Lipinski definition) is 2. The number of hydrogen-bond donors (Lipinski definition) is 2. The van der Waals surface area contributed by atoms with Crippen LogP contribution in [0.2, 0.25) is 0 Å². The summed E-state index contributed by atoms with van der Waals surface area (Å²) in [6, 6.07) is -0.678. The van der Waals surface area contributed by atoms with E-state index in [0.29, 0.717) is 12.8 Å². The van der Waals surface area contributed by atoms with Crippen LogP contribution in [0.3, 0.4) is 0 Å². The van der Waals surface area contributed by atoms with E-state index < -0.39 is 30.0 Å². The Labute approximate surface area is 98.9 Å². The van der Waals surface area contributed by atoms with Gasteiger partial charge in [0, 0.05) is 6.54 Å². The topological polar surface area (TPSA) is 55.1 Å². The Balaban J connectivity index is 2.52. The smallest absolute Gasteiger partial charge is 0.354 e. The molecule has 1 aliphatic carbocycles. The first kappa shape index (κ1) is 14.3. The third-order valence-electron chi connectivity index (χ3n) is 3.28. The van der Waals surface area contributed by atoms with Crippen LogP contribution in [0.25, 0.3) is 0 Å². The van der Waals surface area contributed by atoms with Gasteiger partial charge >= 0.3 is 6.18 Å². The Kier molecular flexibility index (Phi) is 4.80. The summed E-state index contributed by atoms with van der Waals surface area (Å²) in [6.45, 7) is 1.59. The van der Waals surface area contributed by atoms with Crippen LogP contribution in [-0.2, 0) is 4.79 Å². The normalized spacial score (nSPS) is 27.6. The number of halogens is 3. The number of nitrogens with two attached hydrogens (primary N) is 1. The van der Waals surface area contributed by atoms with Crippen molar-refractivity contribution in [2.24, 2.45) is 17.6 Å². The lowest BCUT2D eigenvalue weighted by atomic mass is 9.78. The van der Waals surface area contributed by atoms with Gasteiger partial charge in [0.15, 0.2) is 0 Å². The van der Waals surface area contributed by atoms with Crippen molar-refractivity contribution < 1.29 is 18.0 Å². The molecule has 0 bridgehead atoms. The van der Waals surface area contributed by atoms with Crippen molar-refractivity contribution in [1.29, 1.82) is 0 Å². The van der Waals surface area contributed by atoms with E-state index in [2.05, 4.69) is 5.32 Å². The van der Waals surface area contributed by atoms with Crippen LogP contribution in [0, 0.1) is 11.8 Å². The van der Waals surface area contributed by atoms with Gasteiger partial charge in [-0.3, -0.25) is 4.79 Å². The number of amides is 1. The summed E-state index contributed by atoms with van der Waals surface area (Å²) in [5, 5.41) is 2.49. The molecular formula is C11H19F3N2O. The van der Waals surface area contributed by atoms with E-state index >= 15 is 0 Å². The van der Waals surface area contributed by atoms with Crippen LogP contribution in [0.1, 0.15) is 32.6 Å². The van der Waals surface area contributed by atoms with E-state index in [4.69, 9.17) is 5.73 Å². The SMILES string of the molecule is C[C@@H](N)C(=O)NCC1CCCCC1C(F)(F)F. The molecule has 1 saturated carbocycles. The van der Waals surface area contributed by atoms with Gasteiger partial charge in [0.1, 0.15) is 0 Å². The minimum atomic E-state index is -4.16. The molecule has 0 aromatic heterocycles. The molecular weight excluding hydrogens is 233 g/mol. The summed E-state index contributed by atoms with van der Waals surface area (Å²) in [6.07, 6.45) is -2.07. The van der Waals surface area contributed by atoms with Gasteiger partial charge in [-0.2, -0.15) is 13.2 Å². The highest BCUT2D eigenvalue weighted by Crippen LogP contribution is 2.41. The van der Waals surface area contributed by atoms with Gasteiger partial charge in [-0.15, -0.1) is 0 Å². The average Bonchev–Trinajstić information content (AvgIpc) is 2.24. The van der Waals surface area contributed by atoms with E-state index in [1.165, 1.54) is 6.92 Å². The lowest BCUT2D eigenvalue weighted by molar-refractivity contribution is -0.195. The second kappa shape index (κ2) is 5.71. The third kappa shape index (κ3) is 4.18. The summed E-state index contributed by atoms with van der Waals surface area (Å²) < 4.78 is 38.2. The molecule has 0 aromatic rings. The maximum atomic E-state index is 12.7. The van der Waals surface area contributed by atoms with Crippen LogP contribution in [0.15, 0.2) is 0 Å². The molecule has 100 valence electrons. The van der Waals surface area contributed by atoms with Crippen molar-refractivity contribution in [2.75, 3.05) is 6.54 Å². The first-order valence-corrected chi connectivity index (χ1v) is 5.92. The van der Waals surface area contributed by atoms with E-state index in [1.54, 1.807) is 0 Å². The number of carbonyl (C=O) groups is 1. The van der Waals surface area contributed by atoms with Gasteiger partial charge in [0.25, 0.3) is 0 Å². The molecule has 0 radical (unpaired) electrons. The zero-order valence-corrected chi connectivity index (χ0v) is 9.89. The van der Waals surface area contributed by atoms with Gasteiger partial charge in [-0.05, 0) is 25.7 Å². The molecule has 0 spiro atoms. The van der Waals surface area contributed by atoms with Crippen LogP contribution < -0.4 is 11.1 Å². The minimum Gasteiger partial charge on any atom is -0.354 e. The van der Waals surface area contributed by atoms with Crippen molar-refractivity contribution in [3.05, 3.63) is 0 Å². The molecule has 3 atom stereocenters. The Hall–Kier alpha value is -0.780. The number of carbonyl (C=O) groups excluding carboxylic acids is 1. The van der Waals surface area contributed by atoms with Crippen LogP contribution >= 0.6 is 0 Å². The zero-order valence-electron chi connectivity index (χ0n) is 9.89. The molecule has 2 unspecified atom stereocenters. The largest absolute Gasteiger partial charge is 0.392 e. The van der Waals surface area contributed by atoms with Crippen LogP contribution in [0.4, 0.5) is 13.2 Å². The van der Waals surface area contributed by atoms with Gasteiger partial charge in [-0.25, -0.2) is 0 Å². The van der Waals surface area contributed by atoms with E-state index in [0.717, 1.165) is 6.42 Å². The second-order valence-electron chi connectivity index (χ2n) is 4.73. The summed E-state index contributed by atoms with van der Waals surface area (Å²) in [7, 11) is 0. The lowest BCUT2D eigenvalue weighted by Gasteiger charge is -2.33. The molecule has 0 saturated heterocycles. The number of alkyl halides is 3. The van der Waals surface area contributed by atoms with Gasteiger partial charge < -0.3 is 11.1 Å². The molecule has 3 nitrogen and oxygen atoms in total. The van der Waals surface area contributed by atoms with Crippen molar-refractivity contribution in [3.8, 4) is 0 Å². The first-order valence-electron chi connectivity index (χ1n) is 5.92. The predicted octanol–water partition coefficient (Wildman–Crippen LogP) is 1.82. The fourth-order valence-electron chi connectivity index (χ4n) is 2.28. The quantitative estimate of drug-likeness (QED) is 0.805. The molecule has 0 aliphatic heterocycles. The predicted molar refractivity (Wildman–Crippen MR) is 58.2 cm³/mol. The average molecular weight is 252 g/mol. The molecule has 3 N–H and O–H groups in total. The standard InChI is InChI=1S/C11H19F3N2O/c1-7(15)10(17)16-6-8-4-2-3-5-9(8)11(12,13)14/h7-9H,2-6,15H2,1H3,(H,16,17)/t7-,8?,9?/m1/s1.